The van der Waals surface area contributed by atoms with Gasteiger partial charge in [0.1, 0.15) is 5.75 Å². The van der Waals surface area contributed by atoms with Crippen LogP contribution in [0.15, 0.2) is 24.3 Å². The number of benzene rings is 1. The fourth-order valence-electron chi connectivity index (χ4n) is 1.61. The molecule has 0 aliphatic carbocycles. The van der Waals surface area contributed by atoms with E-state index in [4.69, 9.17) is 4.74 Å². The second-order valence-electron chi connectivity index (χ2n) is 3.73. The van der Waals surface area contributed by atoms with Gasteiger partial charge in [-0.15, -0.1) is 11.3 Å². The third kappa shape index (κ3) is 2.77. The molecular formula is C13H16N2OS. The molecule has 2 aromatic rings. The summed E-state index contributed by atoms with van der Waals surface area (Å²) in [5, 5.41) is 4.25. The van der Waals surface area contributed by atoms with E-state index < -0.39 is 0 Å². The van der Waals surface area contributed by atoms with Crippen LogP contribution in [0.1, 0.15) is 17.5 Å². The largest absolute Gasteiger partial charge is 0.497 e. The average molecular weight is 248 g/mol. The van der Waals surface area contributed by atoms with Crippen molar-refractivity contribution in [2.45, 2.75) is 20.3 Å². The van der Waals surface area contributed by atoms with Gasteiger partial charge in [-0.2, -0.15) is 0 Å². The van der Waals surface area contributed by atoms with Crippen molar-refractivity contribution in [3.8, 4) is 5.75 Å². The Morgan fingerprint density at radius 3 is 2.53 bits per heavy atom. The van der Waals surface area contributed by atoms with Crippen molar-refractivity contribution in [2.24, 2.45) is 0 Å². The Morgan fingerprint density at radius 1 is 1.29 bits per heavy atom. The number of nitrogens with zero attached hydrogens (tertiary/aromatic N) is 1. The Morgan fingerprint density at radius 2 is 2.00 bits per heavy atom. The highest BCUT2D eigenvalue weighted by Gasteiger charge is 2.05. The Hall–Kier alpha value is -1.55. The number of aryl methyl sites for hydroxylation is 2. The first kappa shape index (κ1) is 11.9. The highest BCUT2D eigenvalue weighted by atomic mass is 32.1. The molecule has 0 unspecified atom stereocenters. The Balaban J connectivity index is 2.13. The number of anilines is 2. The van der Waals surface area contributed by atoms with Crippen LogP contribution in [0, 0.1) is 6.92 Å². The van der Waals surface area contributed by atoms with Gasteiger partial charge in [0.05, 0.1) is 12.8 Å². The molecule has 4 heteroatoms. The lowest BCUT2D eigenvalue weighted by Gasteiger charge is -2.03. The molecule has 0 amide bonds. The summed E-state index contributed by atoms with van der Waals surface area (Å²) in [4.78, 5) is 5.83. The van der Waals surface area contributed by atoms with E-state index in [-0.39, 0.29) is 0 Å². The predicted molar refractivity (Wildman–Crippen MR) is 72.5 cm³/mol. The summed E-state index contributed by atoms with van der Waals surface area (Å²) in [6, 6.07) is 7.84. The molecule has 90 valence electrons. The van der Waals surface area contributed by atoms with Crippen molar-refractivity contribution in [3.63, 3.8) is 0 Å². The predicted octanol–water partition coefficient (Wildman–Crippen LogP) is 3.77. The molecule has 17 heavy (non-hydrogen) atoms. The molecule has 1 heterocycles. The smallest absolute Gasteiger partial charge is 0.187 e. The van der Waals surface area contributed by atoms with Gasteiger partial charge in [0.25, 0.3) is 0 Å². The molecule has 0 saturated carbocycles. The van der Waals surface area contributed by atoms with Crippen LogP contribution in [-0.4, -0.2) is 12.1 Å². The number of rotatable bonds is 4. The first-order chi connectivity index (χ1) is 8.22. The maximum absolute atomic E-state index is 5.12. The monoisotopic (exact) mass is 248 g/mol. The van der Waals surface area contributed by atoms with Crippen molar-refractivity contribution in [1.29, 1.82) is 0 Å². The van der Waals surface area contributed by atoms with Crippen LogP contribution in [0.2, 0.25) is 0 Å². The van der Waals surface area contributed by atoms with Crippen LogP contribution < -0.4 is 10.1 Å². The van der Waals surface area contributed by atoms with E-state index >= 15 is 0 Å². The summed E-state index contributed by atoms with van der Waals surface area (Å²) in [6.07, 6.45) is 1.04. The second kappa shape index (κ2) is 5.19. The van der Waals surface area contributed by atoms with E-state index in [2.05, 4.69) is 24.1 Å². The van der Waals surface area contributed by atoms with E-state index in [1.54, 1.807) is 18.4 Å². The molecule has 0 spiro atoms. The third-order valence-electron chi connectivity index (χ3n) is 2.56. The zero-order valence-corrected chi connectivity index (χ0v) is 11.1. The number of methoxy groups -OCH3 is 1. The standard InChI is InChI=1S/C13H16N2OS/c1-4-12-9(2)14-13(17-12)15-10-5-7-11(16-3)8-6-10/h5-8H,4H2,1-3H3,(H,14,15). The van der Waals surface area contributed by atoms with Gasteiger partial charge in [0.2, 0.25) is 0 Å². The molecule has 0 saturated heterocycles. The van der Waals surface area contributed by atoms with Gasteiger partial charge in [-0.3, -0.25) is 0 Å². The van der Waals surface area contributed by atoms with Gasteiger partial charge in [-0.1, -0.05) is 6.92 Å². The van der Waals surface area contributed by atoms with Gasteiger partial charge >= 0.3 is 0 Å². The molecule has 1 N–H and O–H groups in total. The molecule has 0 atom stereocenters. The number of ether oxygens (including phenoxy) is 1. The number of thiazole rings is 1. The van der Waals surface area contributed by atoms with Gasteiger partial charge in [0.15, 0.2) is 5.13 Å². The van der Waals surface area contributed by atoms with Gasteiger partial charge in [0, 0.05) is 10.6 Å². The third-order valence-corrected chi connectivity index (χ3v) is 3.77. The molecule has 0 aliphatic heterocycles. The van der Waals surface area contributed by atoms with E-state index in [0.29, 0.717) is 0 Å². The van der Waals surface area contributed by atoms with Crippen molar-refractivity contribution in [2.75, 3.05) is 12.4 Å². The van der Waals surface area contributed by atoms with E-state index in [9.17, 15) is 0 Å². The molecular weight excluding hydrogens is 232 g/mol. The lowest BCUT2D eigenvalue weighted by Crippen LogP contribution is -1.89. The fourth-order valence-corrected chi connectivity index (χ4v) is 2.53. The molecule has 0 aliphatic rings. The van der Waals surface area contributed by atoms with Crippen molar-refractivity contribution in [1.82, 2.24) is 4.98 Å². The summed E-state index contributed by atoms with van der Waals surface area (Å²) in [5.74, 6) is 0.861. The summed E-state index contributed by atoms with van der Waals surface area (Å²) in [6.45, 7) is 4.20. The van der Waals surface area contributed by atoms with Crippen LogP contribution in [0.25, 0.3) is 0 Å². The zero-order chi connectivity index (χ0) is 12.3. The molecule has 0 bridgehead atoms. The van der Waals surface area contributed by atoms with E-state index in [1.165, 1.54) is 4.88 Å². The fraction of sp³-hybridized carbons (Fsp3) is 0.308. The highest BCUT2D eigenvalue weighted by Crippen LogP contribution is 2.26. The number of aromatic nitrogens is 1. The molecule has 0 fully saturated rings. The van der Waals surface area contributed by atoms with Crippen LogP contribution in [-0.2, 0) is 6.42 Å². The van der Waals surface area contributed by atoms with Gasteiger partial charge in [-0.25, -0.2) is 4.98 Å². The first-order valence-electron chi connectivity index (χ1n) is 5.60. The average Bonchev–Trinajstić information content (AvgIpc) is 2.70. The quantitative estimate of drug-likeness (QED) is 0.894. The van der Waals surface area contributed by atoms with Crippen LogP contribution in [0.5, 0.6) is 5.75 Å². The Bertz CT molecular complexity index is 491. The summed E-state index contributed by atoms with van der Waals surface area (Å²) in [5.41, 5.74) is 2.15. The highest BCUT2D eigenvalue weighted by molar-refractivity contribution is 7.15. The van der Waals surface area contributed by atoms with Gasteiger partial charge in [-0.05, 0) is 37.6 Å². The summed E-state index contributed by atoms with van der Waals surface area (Å²) < 4.78 is 5.12. The van der Waals surface area contributed by atoms with Crippen molar-refractivity contribution in [3.05, 3.63) is 34.8 Å². The van der Waals surface area contributed by atoms with Crippen molar-refractivity contribution >= 4 is 22.2 Å². The second-order valence-corrected chi connectivity index (χ2v) is 4.82. The maximum atomic E-state index is 5.12. The maximum Gasteiger partial charge on any atom is 0.187 e. The minimum Gasteiger partial charge on any atom is -0.497 e. The SMILES string of the molecule is CCc1sc(Nc2ccc(OC)cc2)nc1C. The number of hydrogen-bond acceptors (Lipinski definition) is 4. The van der Waals surface area contributed by atoms with E-state index in [0.717, 1.165) is 28.7 Å². The molecule has 0 radical (unpaired) electrons. The van der Waals surface area contributed by atoms with Gasteiger partial charge < -0.3 is 10.1 Å². The van der Waals surface area contributed by atoms with Crippen LogP contribution >= 0.6 is 11.3 Å². The normalized spacial score (nSPS) is 10.3. The number of hydrogen-bond donors (Lipinski definition) is 1. The summed E-state index contributed by atoms with van der Waals surface area (Å²) in [7, 11) is 1.67. The minimum absolute atomic E-state index is 0.861. The first-order valence-corrected chi connectivity index (χ1v) is 6.42. The lowest BCUT2D eigenvalue weighted by atomic mass is 10.3. The Kier molecular flexibility index (Phi) is 3.64. The van der Waals surface area contributed by atoms with Crippen LogP contribution in [0.3, 0.4) is 0 Å². The molecule has 1 aromatic heterocycles. The summed E-state index contributed by atoms with van der Waals surface area (Å²) >= 11 is 1.71. The lowest BCUT2D eigenvalue weighted by molar-refractivity contribution is 0.415. The molecule has 2 rings (SSSR count). The topological polar surface area (TPSA) is 34.1 Å². The van der Waals surface area contributed by atoms with E-state index in [1.807, 2.05) is 24.3 Å². The Labute approximate surface area is 105 Å². The number of nitrogens with one attached hydrogen (secondary N) is 1. The van der Waals surface area contributed by atoms with Crippen LogP contribution in [0.4, 0.5) is 10.8 Å². The van der Waals surface area contributed by atoms with Crippen molar-refractivity contribution < 1.29 is 4.74 Å². The zero-order valence-electron chi connectivity index (χ0n) is 10.3. The minimum atomic E-state index is 0.861. The molecule has 1 aromatic carbocycles. The molecule has 3 nitrogen and oxygen atoms in total.